The lowest BCUT2D eigenvalue weighted by atomic mass is 9.85. The molecule has 2 bridgehead atoms. The summed E-state index contributed by atoms with van der Waals surface area (Å²) >= 11 is 3.42. The van der Waals surface area contributed by atoms with Crippen LogP contribution in [0.15, 0.2) is 62.5 Å². The molecule has 2 aromatic rings. The predicted octanol–water partition coefficient (Wildman–Crippen LogP) is 4.24. The van der Waals surface area contributed by atoms with Crippen molar-refractivity contribution in [3.8, 4) is 11.3 Å². The summed E-state index contributed by atoms with van der Waals surface area (Å²) in [5, 5.41) is 5.27. The highest BCUT2D eigenvalue weighted by molar-refractivity contribution is 9.10. The van der Waals surface area contributed by atoms with E-state index in [-0.39, 0.29) is 40.9 Å². The molecule has 6 rings (SSSR count). The number of rotatable bonds is 3. The molecule has 2 heterocycles. The Morgan fingerprint density at radius 3 is 2.25 bits per heavy atom. The van der Waals surface area contributed by atoms with E-state index in [0.717, 1.165) is 27.9 Å². The molecule has 0 radical (unpaired) electrons. The molecular weight excluding hydrogens is 420 g/mol. The second-order valence-corrected chi connectivity index (χ2v) is 9.08. The van der Waals surface area contributed by atoms with Crippen LogP contribution in [0.2, 0.25) is 0 Å². The van der Waals surface area contributed by atoms with Crippen molar-refractivity contribution in [1.29, 1.82) is 0 Å². The van der Waals surface area contributed by atoms with Gasteiger partial charge < -0.3 is 4.42 Å². The molecule has 0 unspecified atom stereocenters. The van der Waals surface area contributed by atoms with E-state index < -0.39 is 0 Å². The second-order valence-electron chi connectivity index (χ2n) is 8.16. The Kier molecular flexibility index (Phi) is 3.26. The molecule has 3 aliphatic carbocycles. The van der Waals surface area contributed by atoms with E-state index in [1.165, 1.54) is 6.21 Å². The summed E-state index contributed by atoms with van der Waals surface area (Å²) < 4.78 is 6.80. The molecule has 2 amide bonds. The van der Waals surface area contributed by atoms with E-state index in [1.54, 1.807) is 6.07 Å². The summed E-state index contributed by atoms with van der Waals surface area (Å²) in [6.07, 6.45) is 8.05. The second kappa shape index (κ2) is 5.54. The molecular formula is C22H17BrN2O3. The number of hydrazone groups is 1. The summed E-state index contributed by atoms with van der Waals surface area (Å²) in [7, 11) is 0. The Hall–Kier alpha value is -2.47. The fourth-order valence-corrected chi connectivity index (χ4v) is 5.75. The van der Waals surface area contributed by atoms with Crippen LogP contribution < -0.4 is 0 Å². The predicted molar refractivity (Wildman–Crippen MR) is 106 cm³/mol. The van der Waals surface area contributed by atoms with Gasteiger partial charge in [-0.3, -0.25) is 9.59 Å². The van der Waals surface area contributed by atoms with E-state index in [4.69, 9.17) is 4.42 Å². The zero-order valence-corrected chi connectivity index (χ0v) is 16.5. The van der Waals surface area contributed by atoms with Crippen molar-refractivity contribution in [2.24, 2.45) is 34.2 Å². The lowest BCUT2D eigenvalue weighted by molar-refractivity contribution is -0.141. The summed E-state index contributed by atoms with van der Waals surface area (Å²) in [4.78, 5) is 25.8. The molecule has 5 nitrogen and oxygen atoms in total. The minimum Gasteiger partial charge on any atom is -0.455 e. The zero-order chi connectivity index (χ0) is 19.0. The minimum atomic E-state index is -0.225. The van der Waals surface area contributed by atoms with Gasteiger partial charge in [0.1, 0.15) is 11.5 Å². The fraction of sp³-hybridized carbons (Fsp3) is 0.318. The Morgan fingerprint density at radius 2 is 1.64 bits per heavy atom. The molecule has 28 heavy (non-hydrogen) atoms. The van der Waals surface area contributed by atoms with Crippen LogP contribution in [0, 0.1) is 29.1 Å². The fourth-order valence-electron chi connectivity index (χ4n) is 5.48. The molecule has 140 valence electrons. The Balaban J connectivity index is 1.24. The number of hydrogen-bond donors (Lipinski definition) is 0. The number of carbonyl (C=O) groups excluding carboxylic acids is 2. The molecule has 0 N–H and O–H groups in total. The van der Waals surface area contributed by atoms with Gasteiger partial charge in [-0.25, -0.2) is 0 Å². The number of fused-ring (bicyclic) bond motifs is 3. The normalized spacial score (nSPS) is 31.5. The van der Waals surface area contributed by atoms with Gasteiger partial charge in [0.05, 0.1) is 18.1 Å². The number of benzene rings is 1. The monoisotopic (exact) mass is 436 g/mol. The summed E-state index contributed by atoms with van der Waals surface area (Å²) in [6.45, 7) is 0. The molecule has 1 aromatic carbocycles. The average molecular weight is 437 g/mol. The minimum absolute atomic E-state index is 0.158. The van der Waals surface area contributed by atoms with Crippen molar-refractivity contribution in [2.45, 2.75) is 12.8 Å². The highest BCUT2D eigenvalue weighted by Crippen LogP contribution is 2.73. The van der Waals surface area contributed by atoms with Gasteiger partial charge in [0.15, 0.2) is 0 Å². The van der Waals surface area contributed by atoms with E-state index in [2.05, 4.69) is 33.2 Å². The lowest BCUT2D eigenvalue weighted by Crippen LogP contribution is -2.30. The summed E-state index contributed by atoms with van der Waals surface area (Å²) in [5.74, 6) is 0.883. The van der Waals surface area contributed by atoms with Crippen LogP contribution in [0.25, 0.3) is 11.3 Å². The smallest absolute Gasteiger partial charge is 0.254 e. The van der Waals surface area contributed by atoms with E-state index >= 15 is 0 Å². The van der Waals surface area contributed by atoms with Crippen LogP contribution in [0.4, 0.5) is 0 Å². The number of amides is 2. The number of carbonyl (C=O) groups is 2. The van der Waals surface area contributed by atoms with Gasteiger partial charge in [-0.2, -0.15) is 10.1 Å². The van der Waals surface area contributed by atoms with Gasteiger partial charge >= 0.3 is 0 Å². The maximum Gasteiger partial charge on any atom is 0.254 e. The molecule has 6 heteroatoms. The summed E-state index contributed by atoms with van der Waals surface area (Å²) in [6, 6.07) is 11.4. The number of nitrogens with zero attached hydrogens (tertiary/aromatic N) is 2. The molecule has 1 saturated heterocycles. The number of hydrogen-bond acceptors (Lipinski definition) is 4. The van der Waals surface area contributed by atoms with Crippen LogP contribution in [0.1, 0.15) is 18.6 Å². The first kappa shape index (κ1) is 16.5. The van der Waals surface area contributed by atoms with Crippen molar-refractivity contribution in [2.75, 3.05) is 0 Å². The van der Waals surface area contributed by atoms with Gasteiger partial charge in [-0.1, -0.05) is 40.2 Å². The highest BCUT2D eigenvalue weighted by atomic mass is 79.9. The third kappa shape index (κ3) is 2.09. The standard InChI is InChI=1S/C22H17BrN2O3/c23-13-3-1-12(2-4-13)17-8-5-14(28-17)11-24-25-20(26)18-15-6-7-16(19(18)21(25)27)22(15)9-10-22/h1-8,11,15-16,18-19H,9-10H2/b24-11-/t15-,16-,18-,19+/m1/s1. The molecule has 4 aliphatic rings. The zero-order valence-electron chi connectivity index (χ0n) is 14.9. The van der Waals surface area contributed by atoms with Gasteiger partial charge in [-0.05, 0) is 54.4 Å². The topological polar surface area (TPSA) is 62.9 Å². The number of allylic oxidation sites excluding steroid dienone is 2. The third-order valence-electron chi connectivity index (χ3n) is 6.89. The first-order valence-electron chi connectivity index (χ1n) is 9.54. The van der Waals surface area contributed by atoms with Crippen molar-refractivity contribution >= 4 is 34.0 Å². The third-order valence-corrected chi connectivity index (χ3v) is 7.41. The molecule has 1 spiro atoms. The van der Waals surface area contributed by atoms with Gasteiger partial charge in [-0.15, -0.1) is 0 Å². The van der Waals surface area contributed by atoms with Crippen molar-refractivity contribution in [1.82, 2.24) is 5.01 Å². The molecule has 3 fully saturated rings. The summed E-state index contributed by atoms with van der Waals surface area (Å²) in [5.41, 5.74) is 1.15. The maximum absolute atomic E-state index is 12.9. The van der Waals surface area contributed by atoms with Crippen molar-refractivity contribution in [3.63, 3.8) is 0 Å². The Labute approximate surface area is 170 Å². The molecule has 4 atom stereocenters. The van der Waals surface area contributed by atoms with Crippen LogP contribution in [-0.4, -0.2) is 23.0 Å². The maximum atomic E-state index is 12.9. The Morgan fingerprint density at radius 1 is 1.00 bits per heavy atom. The quantitative estimate of drug-likeness (QED) is 0.410. The molecule has 2 saturated carbocycles. The van der Waals surface area contributed by atoms with Crippen LogP contribution in [0.5, 0.6) is 0 Å². The lowest BCUT2D eigenvalue weighted by Gasteiger charge is -2.18. The first-order chi connectivity index (χ1) is 13.6. The van der Waals surface area contributed by atoms with Gasteiger partial charge in [0.2, 0.25) is 0 Å². The molecule has 1 aromatic heterocycles. The number of imide groups is 1. The van der Waals surface area contributed by atoms with Gasteiger partial charge in [0, 0.05) is 10.0 Å². The largest absolute Gasteiger partial charge is 0.455 e. The highest BCUT2D eigenvalue weighted by Gasteiger charge is 2.73. The van der Waals surface area contributed by atoms with E-state index in [9.17, 15) is 9.59 Å². The van der Waals surface area contributed by atoms with Crippen LogP contribution in [0.3, 0.4) is 0 Å². The van der Waals surface area contributed by atoms with Gasteiger partial charge in [0.25, 0.3) is 11.8 Å². The van der Waals surface area contributed by atoms with Crippen LogP contribution in [-0.2, 0) is 9.59 Å². The number of furan rings is 1. The SMILES string of the molecule is O=C1[C@@H]2[C@H](C(=O)N1/N=C\c1ccc(-c3ccc(Br)cc3)o1)[C@H]1C=C[C@H]2C12CC2. The average Bonchev–Trinajstić information content (AvgIpc) is 2.97. The molecule has 1 aliphatic heterocycles. The Bertz CT molecular complexity index is 1030. The van der Waals surface area contributed by atoms with Crippen molar-refractivity contribution in [3.05, 3.63) is 58.8 Å². The van der Waals surface area contributed by atoms with E-state index in [1.807, 2.05) is 30.3 Å². The van der Waals surface area contributed by atoms with E-state index in [0.29, 0.717) is 11.5 Å². The number of halogens is 1. The van der Waals surface area contributed by atoms with Crippen molar-refractivity contribution < 1.29 is 14.0 Å². The first-order valence-corrected chi connectivity index (χ1v) is 10.3. The van der Waals surface area contributed by atoms with Crippen LogP contribution >= 0.6 is 15.9 Å².